The van der Waals surface area contributed by atoms with Crippen molar-refractivity contribution >= 4 is 21.6 Å². The van der Waals surface area contributed by atoms with Crippen molar-refractivity contribution in [1.29, 1.82) is 0 Å². The fraction of sp³-hybridized carbons (Fsp3) is 0.222. The van der Waals surface area contributed by atoms with Crippen molar-refractivity contribution in [2.24, 2.45) is 0 Å². The van der Waals surface area contributed by atoms with E-state index < -0.39 is 0 Å². The normalized spacial score (nSPS) is 10.8. The van der Waals surface area contributed by atoms with Gasteiger partial charge in [0, 0.05) is 17.7 Å². The summed E-state index contributed by atoms with van der Waals surface area (Å²) in [7, 11) is 0. The molecule has 0 spiro atoms. The zero-order chi connectivity index (χ0) is 8.55. The summed E-state index contributed by atoms with van der Waals surface area (Å²) in [5.74, 6) is 0. The van der Waals surface area contributed by atoms with E-state index in [1.54, 1.807) is 0 Å². The molecule has 0 aliphatic carbocycles. The molecule has 62 valence electrons. The van der Waals surface area contributed by atoms with Crippen LogP contribution in [0.1, 0.15) is 11.3 Å². The van der Waals surface area contributed by atoms with Gasteiger partial charge in [-0.25, -0.2) is 4.98 Å². The van der Waals surface area contributed by atoms with Crippen molar-refractivity contribution < 1.29 is 0 Å². The van der Waals surface area contributed by atoms with E-state index in [2.05, 4.69) is 40.1 Å². The van der Waals surface area contributed by atoms with E-state index in [1.807, 2.05) is 16.7 Å². The van der Waals surface area contributed by atoms with E-state index in [-0.39, 0.29) is 0 Å². The molecule has 0 bridgehead atoms. The van der Waals surface area contributed by atoms with Crippen LogP contribution in [-0.2, 0) is 5.33 Å². The number of halogens is 1. The van der Waals surface area contributed by atoms with Gasteiger partial charge in [-0.2, -0.15) is 0 Å². The number of aromatic nitrogens is 2. The van der Waals surface area contributed by atoms with Crippen LogP contribution in [0.5, 0.6) is 0 Å². The minimum atomic E-state index is 0.813. The molecule has 3 heteroatoms. The van der Waals surface area contributed by atoms with Gasteiger partial charge in [-0.05, 0) is 18.6 Å². The Morgan fingerprint density at radius 2 is 2.25 bits per heavy atom. The van der Waals surface area contributed by atoms with Crippen LogP contribution >= 0.6 is 15.9 Å². The van der Waals surface area contributed by atoms with Crippen molar-refractivity contribution in [1.82, 2.24) is 9.38 Å². The third-order valence-corrected chi connectivity index (χ3v) is 2.36. The Hall–Kier alpha value is -0.830. The van der Waals surface area contributed by atoms with Gasteiger partial charge in [0.2, 0.25) is 0 Å². The monoisotopic (exact) mass is 224 g/mol. The maximum atomic E-state index is 4.39. The highest BCUT2D eigenvalue weighted by Crippen LogP contribution is 2.09. The number of pyridine rings is 1. The second kappa shape index (κ2) is 2.90. The first-order valence-corrected chi connectivity index (χ1v) is 4.92. The van der Waals surface area contributed by atoms with E-state index in [4.69, 9.17) is 0 Å². The van der Waals surface area contributed by atoms with Crippen LogP contribution in [0.15, 0.2) is 24.5 Å². The van der Waals surface area contributed by atoms with Gasteiger partial charge < -0.3 is 4.40 Å². The largest absolute Gasteiger partial charge is 0.307 e. The molecular formula is C9H9BrN2. The maximum Gasteiger partial charge on any atom is 0.137 e. The predicted molar refractivity (Wildman–Crippen MR) is 52.6 cm³/mol. The Bertz CT molecular complexity index is 406. The molecule has 0 aliphatic rings. The van der Waals surface area contributed by atoms with Gasteiger partial charge in [0.1, 0.15) is 5.65 Å². The molecule has 0 fully saturated rings. The van der Waals surface area contributed by atoms with Gasteiger partial charge >= 0.3 is 0 Å². The van der Waals surface area contributed by atoms with Crippen molar-refractivity contribution in [3.63, 3.8) is 0 Å². The van der Waals surface area contributed by atoms with Gasteiger partial charge in [-0.1, -0.05) is 22.0 Å². The molecule has 0 amide bonds. The zero-order valence-electron chi connectivity index (χ0n) is 6.79. The van der Waals surface area contributed by atoms with Crippen LogP contribution in [0, 0.1) is 6.92 Å². The van der Waals surface area contributed by atoms with Gasteiger partial charge in [0.15, 0.2) is 0 Å². The lowest BCUT2D eigenvalue weighted by Crippen LogP contribution is -1.82. The Morgan fingerprint density at radius 3 is 3.00 bits per heavy atom. The molecule has 0 atom stereocenters. The first-order chi connectivity index (χ1) is 5.79. The zero-order valence-corrected chi connectivity index (χ0v) is 8.37. The summed E-state index contributed by atoms with van der Waals surface area (Å²) >= 11 is 3.38. The third kappa shape index (κ3) is 1.25. The van der Waals surface area contributed by atoms with Gasteiger partial charge in [0.25, 0.3) is 0 Å². The molecule has 0 radical (unpaired) electrons. The van der Waals surface area contributed by atoms with Crippen molar-refractivity contribution in [3.8, 4) is 0 Å². The highest BCUT2D eigenvalue weighted by atomic mass is 79.9. The SMILES string of the molecule is Cc1ccc2nc(CBr)cn2c1. The minimum Gasteiger partial charge on any atom is -0.307 e. The van der Waals surface area contributed by atoms with Crippen molar-refractivity contribution in [2.75, 3.05) is 0 Å². The van der Waals surface area contributed by atoms with Crippen LogP contribution in [0.2, 0.25) is 0 Å². The average Bonchev–Trinajstić information content (AvgIpc) is 2.46. The summed E-state index contributed by atoms with van der Waals surface area (Å²) in [4.78, 5) is 4.39. The Morgan fingerprint density at radius 1 is 1.42 bits per heavy atom. The summed E-state index contributed by atoms with van der Waals surface area (Å²) in [5.41, 5.74) is 3.33. The number of rotatable bonds is 1. The second-order valence-electron chi connectivity index (χ2n) is 2.84. The number of aryl methyl sites for hydroxylation is 1. The number of hydrogen-bond donors (Lipinski definition) is 0. The first-order valence-electron chi connectivity index (χ1n) is 3.80. The highest BCUT2D eigenvalue weighted by Gasteiger charge is 1.98. The maximum absolute atomic E-state index is 4.39. The molecule has 0 saturated heterocycles. The summed E-state index contributed by atoms with van der Waals surface area (Å²) in [6, 6.07) is 4.10. The summed E-state index contributed by atoms with van der Waals surface area (Å²) in [6.45, 7) is 2.08. The Kier molecular flexibility index (Phi) is 1.89. The molecule has 0 N–H and O–H groups in total. The van der Waals surface area contributed by atoms with Gasteiger partial charge in [-0.3, -0.25) is 0 Å². The van der Waals surface area contributed by atoms with Crippen LogP contribution in [0.3, 0.4) is 0 Å². The predicted octanol–water partition coefficient (Wildman–Crippen LogP) is 2.54. The van der Waals surface area contributed by atoms with Crippen LogP contribution in [0.4, 0.5) is 0 Å². The first kappa shape index (κ1) is 7.80. The van der Waals surface area contributed by atoms with Gasteiger partial charge in [-0.15, -0.1) is 0 Å². The molecular weight excluding hydrogens is 216 g/mol. The summed E-state index contributed by atoms with van der Waals surface area (Å²) < 4.78 is 2.05. The molecule has 2 heterocycles. The third-order valence-electron chi connectivity index (χ3n) is 1.79. The molecule has 12 heavy (non-hydrogen) atoms. The van der Waals surface area contributed by atoms with Crippen LogP contribution < -0.4 is 0 Å². The van der Waals surface area contributed by atoms with Crippen molar-refractivity contribution in [2.45, 2.75) is 12.3 Å². The number of fused-ring (bicyclic) bond motifs is 1. The molecule has 0 unspecified atom stereocenters. The summed E-state index contributed by atoms with van der Waals surface area (Å²) in [6.07, 6.45) is 4.12. The van der Waals surface area contributed by atoms with Crippen molar-refractivity contribution in [3.05, 3.63) is 35.8 Å². The van der Waals surface area contributed by atoms with Crippen LogP contribution in [0.25, 0.3) is 5.65 Å². The molecule has 0 saturated carbocycles. The fourth-order valence-electron chi connectivity index (χ4n) is 1.22. The second-order valence-corrected chi connectivity index (χ2v) is 3.40. The number of imidazole rings is 1. The highest BCUT2D eigenvalue weighted by molar-refractivity contribution is 9.08. The Labute approximate surface area is 79.4 Å². The van der Waals surface area contributed by atoms with E-state index in [9.17, 15) is 0 Å². The lowest BCUT2D eigenvalue weighted by atomic mass is 10.3. The van der Waals surface area contributed by atoms with E-state index >= 15 is 0 Å². The van der Waals surface area contributed by atoms with E-state index in [0.29, 0.717) is 0 Å². The van der Waals surface area contributed by atoms with E-state index in [1.165, 1.54) is 5.56 Å². The number of alkyl halides is 1. The summed E-state index contributed by atoms with van der Waals surface area (Å²) in [5, 5.41) is 0.813. The van der Waals surface area contributed by atoms with Crippen LogP contribution in [-0.4, -0.2) is 9.38 Å². The average molecular weight is 225 g/mol. The molecule has 2 rings (SSSR count). The minimum absolute atomic E-state index is 0.813. The van der Waals surface area contributed by atoms with E-state index in [0.717, 1.165) is 16.7 Å². The molecule has 2 aromatic rings. The topological polar surface area (TPSA) is 17.3 Å². The standard InChI is InChI=1S/C9H9BrN2/c1-7-2-3-9-11-8(4-10)6-12(9)5-7/h2-3,5-6H,4H2,1H3. The van der Waals surface area contributed by atoms with Gasteiger partial charge in [0.05, 0.1) is 5.69 Å². The Balaban J connectivity index is 2.67. The number of hydrogen-bond acceptors (Lipinski definition) is 1. The lowest BCUT2D eigenvalue weighted by Gasteiger charge is -1.92. The molecule has 2 aromatic heterocycles. The quantitative estimate of drug-likeness (QED) is 0.681. The lowest BCUT2D eigenvalue weighted by molar-refractivity contribution is 1.15. The smallest absolute Gasteiger partial charge is 0.137 e. The fourth-order valence-corrected chi connectivity index (χ4v) is 1.49. The molecule has 0 aromatic carbocycles. The molecule has 2 nitrogen and oxygen atoms in total. The molecule has 0 aliphatic heterocycles. The number of nitrogens with zero attached hydrogens (tertiary/aromatic N) is 2.